The summed E-state index contributed by atoms with van der Waals surface area (Å²) in [5, 5.41) is 2.62. The fourth-order valence-corrected chi connectivity index (χ4v) is 1.61. The molecular weight excluding hydrogens is 270 g/mol. The zero-order chi connectivity index (χ0) is 15.1. The van der Waals surface area contributed by atoms with Crippen LogP contribution < -0.4 is 20.5 Å². The standard InChI is InChI=1S/C15H17N3O3/c1-2-20-12-4-6-13(7-5-12)21-10-15(19)18-14-8-3-11(16)9-17-14/h3-9H,2,10,16H2,1H3,(H,17,18,19). The normalized spacial score (nSPS) is 9.95. The summed E-state index contributed by atoms with van der Waals surface area (Å²) in [4.78, 5) is 15.7. The molecule has 1 amide bonds. The molecule has 110 valence electrons. The maximum Gasteiger partial charge on any atom is 0.263 e. The second-order valence-electron chi connectivity index (χ2n) is 4.22. The van der Waals surface area contributed by atoms with Crippen LogP contribution in [-0.2, 0) is 4.79 Å². The number of carbonyl (C=O) groups excluding carboxylic acids is 1. The SMILES string of the molecule is CCOc1ccc(OCC(=O)Nc2ccc(N)cn2)cc1. The molecule has 0 saturated heterocycles. The molecule has 0 bridgehead atoms. The molecule has 0 atom stereocenters. The first kappa shape index (κ1) is 14.6. The van der Waals surface area contributed by atoms with Crippen LogP contribution in [-0.4, -0.2) is 24.1 Å². The van der Waals surface area contributed by atoms with Crippen LogP contribution in [0, 0.1) is 0 Å². The van der Waals surface area contributed by atoms with Gasteiger partial charge in [-0.2, -0.15) is 0 Å². The number of carbonyl (C=O) groups is 1. The van der Waals surface area contributed by atoms with Gasteiger partial charge in [-0.3, -0.25) is 4.79 Å². The Hall–Kier alpha value is -2.76. The molecule has 0 aliphatic heterocycles. The lowest BCUT2D eigenvalue weighted by atomic mass is 10.3. The first-order valence-electron chi connectivity index (χ1n) is 6.54. The molecule has 1 aromatic heterocycles. The van der Waals surface area contributed by atoms with Gasteiger partial charge in [0.25, 0.3) is 5.91 Å². The van der Waals surface area contributed by atoms with Crippen LogP contribution in [0.3, 0.4) is 0 Å². The molecular formula is C15H17N3O3. The van der Waals surface area contributed by atoms with Crippen molar-refractivity contribution in [2.45, 2.75) is 6.92 Å². The van der Waals surface area contributed by atoms with Crippen molar-refractivity contribution in [1.29, 1.82) is 0 Å². The molecule has 0 aliphatic carbocycles. The quantitative estimate of drug-likeness (QED) is 0.849. The number of amides is 1. The van der Waals surface area contributed by atoms with Crippen LogP contribution in [0.25, 0.3) is 0 Å². The maximum atomic E-state index is 11.7. The Morgan fingerprint density at radius 2 is 1.81 bits per heavy atom. The van der Waals surface area contributed by atoms with Crippen molar-refractivity contribution in [1.82, 2.24) is 4.98 Å². The Morgan fingerprint density at radius 3 is 2.38 bits per heavy atom. The summed E-state index contributed by atoms with van der Waals surface area (Å²) in [6.45, 7) is 2.43. The number of hydrogen-bond donors (Lipinski definition) is 2. The Balaban J connectivity index is 1.81. The van der Waals surface area contributed by atoms with E-state index in [-0.39, 0.29) is 12.5 Å². The average Bonchev–Trinajstić information content (AvgIpc) is 2.49. The minimum absolute atomic E-state index is 0.0972. The van der Waals surface area contributed by atoms with Gasteiger partial charge < -0.3 is 20.5 Å². The lowest BCUT2D eigenvalue weighted by molar-refractivity contribution is -0.118. The third kappa shape index (κ3) is 4.68. The molecule has 1 aromatic carbocycles. The molecule has 0 aliphatic rings. The second-order valence-corrected chi connectivity index (χ2v) is 4.22. The van der Waals surface area contributed by atoms with E-state index in [0.29, 0.717) is 23.9 Å². The number of nitrogens with zero attached hydrogens (tertiary/aromatic N) is 1. The Kier molecular flexibility index (Phi) is 4.98. The largest absolute Gasteiger partial charge is 0.494 e. The van der Waals surface area contributed by atoms with E-state index in [2.05, 4.69) is 10.3 Å². The number of pyridine rings is 1. The number of anilines is 2. The highest BCUT2D eigenvalue weighted by Gasteiger charge is 2.04. The number of ether oxygens (including phenoxy) is 2. The molecule has 0 saturated carbocycles. The van der Waals surface area contributed by atoms with E-state index in [1.807, 2.05) is 6.92 Å². The van der Waals surface area contributed by atoms with Crippen molar-refractivity contribution in [3.05, 3.63) is 42.6 Å². The Labute approximate surface area is 122 Å². The lowest BCUT2D eigenvalue weighted by Gasteiger charge is -2.08. The van der Waals surface area contributed by atoms with Crippen molar-refractivity contribution < 1.29 is 14.3 Å². The summed E-state index contributed by atoms with van der Waals surface area (Å²) < 4.78 is 10.7. The highest BCUT2D eigenvalue weighted by molar-refractivity contribution is 5.91. The number of rotatable bonds is 6. The van der Waals surface area contributed by atoms with Crippen molar-refractivity contribution in [2.75, 3.05) is 24.3 Å². The molecule has 2 rings (SSSR count). The molecule has 0 radical (unpaired) electrons. The number of nitrogen functional groups attached to an aromatic ring is 1. The summed E-state index contributed by atoms with van der Waals surface area (Å²) in [6.07, 6.45) is 1.48. The lowest BCUT2D eigenvalue weighted by Crippen LogP contribution is -2.20. The fourth-order valence-electron chi connectivity index (χ4n) is 1.61. The summed E-state index contributed by atoms with van der Waals surface area (Å²) >= 11 is 0. The first-order valence-corrected chi connectivity index (χ1v) is 6.54. The number of benzene rings is 1. The molecule has 0 fully saturated rings. The predicted octanol–water partition coefficient (Wildman–Crippen LogP) is 2.08. The van der Waals surface area contributed by atoms with E-state index in [0.717, 1.165) is 5.75 Å². The van der Waals surface area contributed by atoms with E-state index in [1.165, 1.54) is 6.20 Å². The molecule has 6 heteroatoms. The van der Waals surface area contributed by atoms with Gasteiger partial charge in [-0.25, -0.2) is 4.98 Å². The molecule has 2 aromatic rings. The highest BCUT2D eigenvalue weighted by Crippen LogP contribution is 2.17. The van der Waals surface area contributed by atoms with Gasteiger partial charge in [-0.1, -0.05) is 0 Å². The van der Waals surface area contributed by atoms with Gasteiger partial charge in [-0.15, -0.1) is 0 Å². The second kappa shape index (κ2) is 7.14. The number of nitrogens with two attached hydrogens (primary N) is 1. The first-order chi connectivity index (χ1) is 10.2. The van der Waals surface area contributed by atoms with Gasteiger partial charge >= 0.3 is 0 Å². The van der Waals surface area contributed by atoms with Gasteiger partial charge in [0, 0.05) is 0 Å². The zero-order valence-corrected chi connectivity index (χ0v) is 11.7. The smallest absolute Gasteiger partial charge is 0.263 e. The van der Waals surface area contributed by atoms with Crippen molar-refractivity contribution >= 4 is 17.4 Å². The minimum Gasteiger partial charge on any atom is -0.494 e. The Bertz CT molecular complexity index is 582. The van der Waals surface area contributed by atoms with E-state index in [1.54, 1.807) is 36.4 Å². The average molecular weight is 287 g/mol. The van der Waals surface area contributed by atoms with Crippen molar-refractivity contribution in [2.24, 2.45) is 0 Å². The van der Waals surface area contributed by atoms with Gasteiger partial charge in [0.2, 0.25) is 0 Å². The summed E-state index contributed by atoms with van der Waals surface area (Å²) in [6, 6.07) is 10.4. The topological polar surface area (TPSA) is 86.5 Å². The molecule has 1 heterocycles. The highest BCUT2D eigenvalue weighted by atomic mass is 16.5. The summed E-state index contributed by atoms with van der Waals surface area (Å²) in [7, 11) is 0. The number of hydrogen-bond acceptors (Lipinski definition) is 5. The van der Waals surface area contributed by atoms with Crippen LogP contribution in [0.2, 0.25) is 0 Å². The van der Waals surface area contributed by atoms with Crippen LogP contribution >= 0.6 is 0 Å². The zero-order valence-electron chi connectivity index (χ0n) is 11.7. The van der Waals surface area contributed by atoms with E-state index in [9.17, 15) is 4.79 Å². The van der Waals surface area contributed by atoms with Gasteiger partial charge in [0.05, 0.1) is 18.5 Å². The Morgan fingerprint density at radius 1 is 1.14 bits per heavy atom. The van der Waals surface area contributed by atoms with E-state index in [4.69, 9.17) is 15.2 Å². The van der Waals surface area contributed by atoms with Crippen molar-refractivity contribution in [3.63, 3.8) is 0 Å². The molecule has 0 unspecified atom stereocenters. The molecule has 3 N–H and O–H groups in total. The van der Waals surface area contributed by atoms with Crippen molar-refractivity contribution in [3.8, 4) is 11.5 Å². The number of nitrogens with one attached hydrogen (secondary N) is 1. The van der Waals surface area contributed by atoms with Crippen LogP contribution in [0.4, 0.5) is 11.5 Å². The minimum atomic E-state index is -0.291. The van der Waals surface area contributed by atoms with Gasteiger partial charge in [0.1, 0.15) is 17.3 Å². The molecule has 21 heavy (non-hydrogen) atoms. The third-order valence-electron chi connectivity index (χ3n) is 2.56. The summed E-state index contributed by atoms with van der Waals surface area (Å²) in [5.74, 6) is 1.50. The van der Waals surface area contributed by atoms with Crippen LogP contribution in [0.1, 0.15) is 6.92 Å². The predicted molar refractivity (Wildman–Crippen MR) is 80.4 cm³/mol. The van der Waals surface area contributed by atoms with Gasteiger partial charge in [0.15, 0.2) is 6.61 Å². The molecule has 0 spiro atoms. The van der Waals surface area contributed by atoms with E-state index < -0.39 is 0 Å². The fraction of sp³-hybridized carbons (Fsp3) is 0.200. The summed E-state index contributed by atoms with van der Waals surface area (Å²) in [5.41, 5.74) is 6.06. The van der Waals surface area contributed by atoms with Gasteiger partial charge in [-0.05, 0) is 43.3 Å². The monoisotopic (exact) mass is 287 g/mol. The van der Waals surface area contributed by atoms with Crippen LogP contribution in [0.5, 0.6) is 11.5 Å². The van der Waals surface area contributed by atoms with Crippen LogP contribution in [0.15, 0.2) is 42.6 Å². The third-order valence-corrected chi connectivity index (χ3v) is 2.56. The number of aromatic nitrogens is 1. The van der Waals surface area contributed by atoms with E-state index >= 15 is 0 Å². The molecule has 6 nitrogen and oxygen atoms in total. The maximum absolute atomic E-state index is 11.7.